The van der Waals surface area contributed by atoms with Gasteiger partial charge in [-0.05, 0) is 90.8 Å². The highest BCUT2D eigenvalue weighted by molar-refractivity contribution is 5.93. The van der Waals surface area contributed by atoms with Crippen molar-refractivity contribution in [2.75, 3.05) is 0 Å². The van der Waals surface area contributed by atoms with Gasteiger partial charge in [0.05, 0.1) is 11.1 Å². The molecule has 0 amide bonds. The summed E-state index contributed by atoms with van der Waals surface area (Å²) in [5, 5.41) is 18.8. The molecule has 5 nitrogen and oxygen atoms in total. The summed E-state index contributed by atoms with van der Waals surface area (Å²) < 4.78 is 5.52. The third kappa shape index (κ3) is 3.44. The van der Waals surface area contributed by atoms with Crippen LogP contribution in [0.4, 0.5) is 0 Å². The van der Waals surface area contributed by atoms with Crippen LogP contribution >= 0.6 is 0 Å². The van der Waals surface area contributed by atoms with E-state index < -0.39 is 11.9 Å². The summed E-state index contributed by atoms with van der Waals surface area (Å²) >= 11 is 0. The third-order valence-corrected chi connectivity index (χ3v) is 7.18. The van der Waals surface area contributed by atoms with E-state index in [1.807, 2.05) is 36.4 Å². The Hall–Kier alpha value is -3.60. The van der Waals surface area contributed by atoms with Crippen LogP contribution in [0.1, 0.15) is 57.5 Å². The van der Waals surface area contributed by atoms with Gasteiger partial charge in [-0.2, -0.15) is 0 Å². The highest BCUT2D eigenvalue weighted by Crippen LogP contribution is 2.60. The first-order valence-electron chi connectivity index (χ1n) is 10.9. The Kier molecular flexibility index (Phi) is 4.97. The number of phenolic OH excluding ortho intramolecular Hbond substituents is 1. The standard InChI is InChI=1S/C27H24O5/c28-23-11-7-20(8-12-23)27(16-17-1-6-22(27)15-17)21-9-13-24(14-10-21)32-26(31)19-4-2-18(3-5-19)25(29)30/h2-5,7-14,17,22,28H,1,6,15-16H2,(H,29,30). The molecule has 0 aliphatic heterocycles. The predicted molar refractivity (Wildman–Crippen MR) is 119 cm³/mol. The van der Waals surface area contributed by atoms with E-state index >= 15 is 0 Å². The summed E-state index contributed by atoms with van der Waals surface area (Å²) in [6.45, 7) is 0. The van der Waals surface area contributed by atoms with Gasteiger partial charge in [0.25, 0.3) is 0 Å². The lowest BCUT2D eigenvalue weighted by molar-refractivity contribution is 0.0691. The van der Waals surface area contributed by atoms with Crippen LogP contribution in [0.25, 0.3) is 0 Å². The number of carboxylic acid groups (broad SMARTS) is 1. The first-order valence-corrected chi connectivity index (χ1v) is 10.9. The molecule has 3 aromatic rings. The van der Waals surface area contributed by atoms with Crippen LogP contribution in [0.5, 0.6) is 11.5 Å². The van der Waals surface area contributed by atoms with Crippen molar-refractivity contribution in [1.82, 2.24) is 0 Å². The van der Waals surface area contributed by atoms with E-state index in [4.69, 9.17) is 9.84 Å². The molecule has 3 atom stereocenters. The average molecular weight is 428 g/mol. The molecular weight excluding hydrogens is 404 g/mol. The van der Waals surface area contributed by atoms with Gasteiger partial charge in [0, 0.05) is 5.41 Å². The Morgan fingerprint density at radius 2 is 1.41 bits per heavy atom. The summed E-state index contributed by atoms with van der Waals surface area (Å²) in [4.78, 5) is 23.4. The molecule has 0 radical (unpaired) electrons. The van der Waals surface area contributed by atoms with Crippen molar-refractivity contribution in [3.8, 4) is 11.5 Å². The lowest BCUT2D eigenvalue weighted by Crippen LogP contribution is -2.33. The van der Waals surface area contributed by atoms with Crippen LogP contribution in [-0.4, -0.2) is 22.2 Å². The van der Waals surface area contributed by atoms with Gasteiger partial charge in [0.2, 0.25) is 0 Å². The fourth-order valence-electron chi connectivity index (χ4n) is 5.70. The minimum absolute atomic E-state index is 0.0776. The van der Waals surface area contributed by atoms with Crippen molar-refractivity contribution in [1.29, 1.82) is 0 Å². The number of rotatable bonds is 5. The monoisotopic (exact) mass is 428 g/mol. The number of aromatic carboxylic acids is 1. The summed E-state index contributed by atoms with van der Waals surface area (Å²) in [6.07, 6.45) is 4.80. The van der Waals surface area contributed by atoms with Crippen molar-refractivity contribution < 1.29 is 24.5 Å². The van der Waals surface area contributed by atoms with Gasteiger partial charge in [-0.15, -0.1) is 0 Å². The average Bonchev–Trinajstić information content (AvgIpc) is 3.42. The zero-order chi connectivity index (χ0) is 22.3. The summed E-state index contributed by atoms with van der Waals surface area (Å²) in [5.41, 5.74) is 2.78. The van der Waals surface area contributed by atoms with Crippen molar-refractivity contribution in [3.63, 3.8) is 0 Å². The van der Waals surface area contributed by atoms with Crippen molar-refractivity contribution in [3.05, 3.63) is 95.1 Å². The Labute approximate surface area is 186 Å². The minimum atomic E-state index is -1.04. The number of carboxylic acids is 1. The van der Waals surface area contributed by atoms with Crippen molar-refractivity contribution in [2.24, 2.45) is 11.8 Å². The van der Waals surface area contributed by atoms with Crippen molar-refractivity contribution >= 4 is 11.9 Å². The molecule has 5 heteroatoms. The second-order valence-corrected chi connectivity index (χ2v) is 8.89. The van der Waals surface area contributed by atoms with Crippen LogP contribution in [0.3, 0.4) is 0 Å². The van der Waals surface area contributed by atoms with Gasteiger partial charge in [-0.3, -0.25) is 0 Å². The van der Waals surface area contributed by atoms with E-state index in [-0.39, 0.29) is 16.7 Å². The van der Waals surface area contributed by atoms with Gasteiger partial charge in [-0.25, -0.2) is 9.59 Å². The predicted octanol–water partition coefficient (Wildman–Crippen LogP) is 5.42. The molecule has 0 heterocycles. The van der Waals surface area contributed by atoms with Crippen LogP contribution in [-0.2, 0) is 5.41 Å². The fourth-order valence-corrected chi connectivity index (χ4v) is 5.70. The summed E-state index contributed by atoms with van der Waals surface area (Å²) in [5.74, 6) is 0.445. The first-order chi connectivity index (χ1) is 15.5. The molecule has 0 aromatic heterocycles. The Balaban J connectivity index is 1.39. The van der Waals surface area contributed by atoms with E-state index in [0.717, 1.165) is 12.3 Å². The second kappa shape index (κ2) is 7.83. The SMILES string of the molecule is O=C(O)c1ccc(C(=O)Oc2ccc(C3(c4ccc(O)cc4)CC4CCC3C4)cc2)cc1. The molecule has 162 valence electrons. The van der Waals surface area contributed by atoms with Gasteiger partial charge >= 0.3 is 11.9 Å². The maximum atomic E-state index is 12.5. The Morgan fingerprint density at radius 1 is 0.812 bits per heavy atom. The zero-order valence-corrected chi connectivity index (χ0v) is 17.5. The maximum absolute atomic E-state index is 12.5. The molecule has 2 fully saturated rings. The number of hydrogen-bond donors (Lipinski definition) is 2. The largest absolute Gasteiger partial charge is 0.508 e. The highest BCUT2D eigenvalue weighted by Gasteiger charge is 2.52. The van der Waals surface area contributed by atoms with Gasteiger partial charge < -0.3 is 14.9 Å². The number of carbonyl (C=O) groups is 2. The molecule has 5 rings (SSSR count). The van der Waals surface area contributed by atoms with Crippen LogP contribution in [0, 0.1) is 11.8 Å². The number of phenols is 1. The molecule has 0 spiro atoms. The van der Waals surface area contributed by atoms with E-state index in [2.05, 4.69) is 0 Å². The van der Waals surface area contributed by atoms with E-state index in [1.54, 1.807) is 12.1 Å². The first kappa shape index (κ1) is 20.3. The lowest BCUT2D eigenvalue weighted by Gasteiger charge is -2.39. The number of ether oxygens (including phenoxy) is 1. The molecule has 2 saturated carbocycles. The van der Waals surface area contributed by atoms with E-state index in [1.165, 1.54) is 54.7 Å². The number of carbonyl (C=O) groups excluding carboxylic acids is 1. The summed E-state index contributed by atoms with van der Waals surface area (Å²) in [7, 11) is 0. The Morgan fingerprint density at radius 3 is 1.94 bits per heavy atom. The fraction of sp³-hybridized carbons (Fsp3) is 0.259. The maximum Gasteiger partial charge on any atom is 0.343 e. The zero-order valence-electron chi connectivity index (χ0n) is 17.5. The smallest absolute Gasteiger partial charge is 0.343 e. The molecule has 3 aromatic carbocycles. The number of aromatic hydroxyl groups is 1. The van der Waals surface area contributed by atoms with Crippen LogP contribution in [0.15, 0.2) is 72.8 Å². The van der Waals surface area contributed by atoms with Gasteiger partial charge in [0.1, 0.15) is 11.5 Å². The Bertz CT molecular complexity index is 1150. The molecule has 2 aliphatic carbocycles. The van der Waals surface area contributed by atoms with Crippen molar-refractivity contribution in [2.45, 2.75) is 31.1 Å². The molecule has 2 bridgehead atoms. The normalized spacial score (nSPS) is 23.8. The molecule has 0 saturated heterocycles. The molecular formula is C27H24O5. The molecule has 32 heavy (non-hydrogen) atoms. The molecule has 2 aliphatic rings. The number of benzene rings is 3. The minimum Gasteiger partial charge on any atom is -0.508 e. The third-order valence-electron chi connectivity index (χ3n) is 7.18. The highest BCUT2D eigenvalue weighted by atomic mass is 16.5. The quantitative estimate of drug-likeness (QED) is 0.419. The van der Waals surface area contributed by atoms with Crippen LogP contribution < -0.4 is 4.74 Å². The number of hydrogen-bond acceptors (Lipinski definition) is 4. The number of esters is 1. The molecule has 3 unspecified atom stereocenters. The van der Waals surface area contributed by atoms with Gasteiger partial charge in [-0.1, -0.05) is 30.7 Å². The topological polar surface area (TPSA) is 83.8 Å². The van der Waals surface area contributed by atoms with E-state index in [9.17, 15) is 14.7 Å². The second-order valence-electron chi connectivity index (χ2n) is 8.89. The summed E-state index contributed by atoms with van der Waals surface area (Å²) in [6, 6.07) is 21.0. The lowest BCUT2D eigenvalue weighted by atomic mass is 9.64. The van der Waals surface area contributed by atoms with E-state index in [0.29, 0.717) is 17.2 Å². The molecule has 2 N–H and O–H groups in total. The number of fused-ring (bicyclic) bond motifs is 2. The van der Waals surface area contributed by atoms with Crippen LogP contribution in [0.2, 0.25) is 0 Å². The van der Waals surface area contributed by atoms with Gasteiger partial charge in [0.15, 0.2) is 0 Å².